The van der Waals surface area contributed by atoms with Gasteiger partial charge in [0.15, 0.2) is 0 Å². The van der Waals surface area contributed by atoms with Crippen LogP contribution in [0, 0.1) is 11.3 Å². The van der Waals surface area contributed by atoms with Crippen molar-refractivity contribution in [2.24, 2.45) is 11.3 Å². The molecule has 0 radical (unpaired) electrons. The number of likely N-dealkylation sites (tertiary alicyclic amines) is 2. The van der Waals surface area contributed by atoms with E-state index in [-0.39, 0.29) is 23.1 Å². The molecule has 1 aliphatic carbocycles. The van der Waals surface area contributed by atoms with E-state index in [4.69, 9.17) is 0 Å². The molecule has 8 heteroatoms. The van der Waals surface area contributed by atoms with Crippen LogP contribution in [0.25, 0.3) is 0 Å². The van der Waals surface area contributed by atoms with Crippen molar-refractivity contribution < 1.29 is 19.5 Å². The number of amides is 2. The lowest BCUT2D eigenvalue weighted by Gasteiger charge is -2.39. The molecule has 3 aliphatic rings. The monoisotopic (exact) mass is 374 g/mol. The zero-order valence-electron chi connectivity index (χ0n) is 15.4. The Bertz CT molecular complexity index is 720. The molecule has 4 rings (SSSR count). The zero-order chi connectivity index (χ0) is 19.0. The van der Waals surface area contributed by atoms with Crippen molar-refractivity contribution in [3.63, 3.8) is 0 Å². The Kier molecular flexibility index (Phi) is 4.65. The average molecular weight is 374 g/mol. The first kappa shape index (κ1) is 18.0. The van der Waals surface area contributed by atoms with E-state index in [2.05, 4.69) is 5.10 Å². The number of rotatable bonds is 5. The molecule has 0 unspecified atom stereocenters. The summed E-state index contributed by atoms with van der Waals surface area (Å²) >= 11 is 0. The molecule has 8 nitrogen and oxygen atoms in total. The Morgan fingerprint density at radius 2 is 1.93 bits per heavy atom. The Hall–Kier alpha value is -2.38. The van der Waals surface area contributed by atoms with Crippen molar-refractivity contribution in [3.05, 3.63) is 18.5 Å². The molecular formula is C19H26N4O4. The summed E-state index contributed by atoms with van der Waals surface area (Å²) in [6.45, 7) is 2.36. The van der Waals surface area contributed by atoms with Gasteiger partial charge in [-0.05, 0) is 43.6 Å². The molecule has 0 bridgehead atoms. The van der Waals surface area contributed by atoms with Gasteiger partial charge < -0.3 is 14.9 Å². The number of nitrogens with zero attached hydrogens (tertiary/aromatic N) is 4. The van der Waals surface area contributed by atoms with Crippen LogP contribution in [-0.4, -0.2) is 68.1 Å². The predicted octanol–water partition coefficient (Wildman–Crippen LogP) is 0.977. The molecule has 1 atom stereocenters. The molecule has 2 saturated heterocycles. The molecule has 0 aromatic carbocycles. The first-order valence-corrected chi connectivity index (χ1v) is 9.76. The van der Waals surface area contributed by atoms with E-state index in [1.54, 1.807) is 15.8 Å². The van der Waals surface area contributed by atoms with Gasteiger partial charge >= 0.3 is 5.97 Å². The summed E-state index contributed by atoms with van der Waals surface area (Å²) in [6, 6.07) is 1.13. The minimum atomic E-state index is -0.904. The Labute approximate surface area is 158 Å². The fraction of sp³-hybridized carbons (Fsp3) is 0.684. The summed E-state index contributed by atoms with van der Waals surface area (Å²) in [5, 5.41) is 13.7. The summed E-state index contributed by atoms with van der Waals surface area (Å²) in [7, 11) is 0. The highest BCUT2D eigenvalue weighted by atomic mass is 16.4. The number of carbonyl (C=O) groups excluding carboxylic acids is 2. The van der Waals surface area contributed by atoms with Crippen LogP contribution in [0.5, 0.6) is 0 Å². The molecule has 1 N–H and O–H groups in total. The maximum absolute atomic E-state index is 12.5. The van der Waals surface area contributed by atoms with Gasteiger partial charge in [0.2, 0.25) is 11.8 Å². The molecule has 1 saturated carbocycles. The second-order valence-electron chi connectivity index (χ2n) is 8.20. The number of hydrogen-bond donors (Lipinski definition) is 1. The largest absolute Gasteiger partial charge is 0.480 e. The van der Waals surface area contributed by atoms with E-state index in [1.807, 2.05) is 17.2 Å². The van der Waals surface area contributed by atoms with Crippen LogP contribution < -0.4 is 0 Å². The summed E-state index contributed by atoms with van der Waals surface area (Å²) < 4.78 is 1.75. The van der Waals surface area contributed by atoms with Crippen LogP contribution >= 0.6 is 0 Å². The predicted molar refractivity (Wildman–Crippen MR) is 95.6 cm³/mol. The fourth-order valence-electron chi connectivity index (χ4n) is 4.47. The maximum atomic E-state index is 12.5. The molecule has 1 spiro atoms. The average Bonchev–Trinajstić information content (AvgIpc) is 3.25. The van der Waals surface area contributed by atoms with Gasteiger partial charge in [0.1, 0.15) is 6.04 Å². The molecule has 1 aromatic heterocycles. The topological polar surface area (TPSA) is 95.7 Å². The van der Waals surface area contributed by atoms with Gasteiger partial charge in [0.25, 0.3) is 0 Å². The minimum absolute atomic E-state index is 0.0111. The number of carboxylic acids is 1. The number of aryl methyl sites for hydroxylation is 1. The van der Waals surface area contributed by atoms with E-state index in [9.17, 15) is 19.5 Å². The van der Waals surface area contributed by atoms with Gasteiger partial charge in [-0.25, -0.2) is 4.79 Å². The molecule has 146 valence electrons. The smallest absolute Gasteiger partial charge is 0.326 e. The SMILES string of the molecule is O=C(O)[C@@H]1CC2(CCN(C(=O)CCn3cccn3)CC2)CN1C(=O)C1CC1. The summed E-state index contributed by atoms with van der Waals surface area (Å²) in [4.78, 5) is 40.1. The van der Waals surface area contributed by atoms with E-state index in [1.165, 1.54) is 0 Å². The van der Waals surface area contributed by atoms with Crippen LogP contribution in [0.4, 0.5) is 0 Å². The van der Waals surface area contributed by atoms with Crippen LogP contribution in [-0.2, 0) is 20.9 Å². The van der Waals surface area contributed by atoms with Crippen molar-refractivity contribution in [1.82, 2.24) is 19.6 Å². The number of piperidine rings is 1. The van der Waals surface area contributed by atoms with Crippen molar-refractivity contribution in [2.45, 2.75) is 51.1 Å². The lowest BCUT2D eigenvalue weighted by atomic mass is 9.76. The standard InChI is InChI=1S/C19H26N4O4/c24-16(4-9-22-8-1-7-20-22)21-10-5-19(6-11-21)12-15(18(26)27)23(13-19)17(25)14-2-3-14/h1,7-8,14-15H,2-6,9-13H2,(H,26,27)/t15-/m0/s1. The van der Waals surface area contributed by atoms with Crippen LogP contribution in [0.15, 0.2) is 18.5 Å². The van der Waals surface area contributed by atoms with Gasteiger partial charge in [0, 0.05) is 50.9 Å². The lowest BCUT2D eigenvalue weighted by molar-refractivity contribution is -0.148. The van der Waals surface area contributed by atoms with Gasteiger partial charge in [0.05, 0.1) is 0 Å². The van der Waals surface area contributed by atoms with Gasteiger partial charge in [-0.3, -0.25) is 14.3 Å². The Morgan fingerprint density at radius 1 is 1.19 bits per heavy atom. The third-order valence-corrected chi connectivity index (χ3v) is 6.29. The van der Waals surface area contributed by atoms with E-state index in [0.29, 0.717) is 39.0 Å². The quantitative estimate of drug-likeness (QED) is 0.829. The molecular weight excluding hydrogens is 348 g/mol. The summed E-state index contributed by atoms with van der Waals surface area (Å²) in [6.07, 6.45) is 7.75. The number of carboxylic acid groups (broad SMARTS) is 1. The second-order valence-corrected chi connectivity index (χ2v) is 8.20. The molecule has 2 amide bonds. The fourth-order valence-corrected chi connectivity index (χ4v) is 4.47. The molecule has 1 aromatic rings. The van der Waals surface area contributed by atoms with Gasteiger partial charge in [-0.1, -0.05) is 0 Å². The highest BCUT2D eigenvalue weighted by Gasteiger charge is 2.52. The first-order chi connectivity index (χ1) is 13.0. The van der Waals surface area contributed by atoms with Crippen molar-refractivity contribution >= 4 is 17.8 Å². The summed E-state index contributed by atoms with van der Waals surface area (Å²) in [5.74, 6) is -0.749. The van der Waals surface area contributed by atoms with Gasteiger partial charge in [-0.2, -0.15) is 5.10 Å². The maximum Gasteiger partial charge on any atom is 0.326 e. The highest BCUT2D eigenvalue weighted by molar-refractivity contribution is 5.87. The van der Waals surface area contributed by atoms with E-state index < -0.39 is 12.0 Å². The zero-order valence-corrected chi connectivity index (χ0v) is 15.4. The third-order valence-electron chi connectivity index (χ3n) is 6.29. The Morgan fingerprint density at radius 3 is 2.52 bits per heavy atom. The van der Waals surface area contributed by atoms with Crippen LogP contribution in [0.3, 0.4) is 0 Å². The number of carbonyl (C=O) groups is 3. The third kappa shape index (κ3) is 3.70. The molecule has 2 aliphatic heterocycles. The molecule has 27 heavy (non-hydrogen) atoms. The van der Waals surface area contributed by atoms with Gasteiger partial charge in [-0.15, -0.1) is 0 Å². The van der Waals surface area contributed by atoms with Crippen molar-refractivity contribution in [3.8, 4) is 0 Å². The summed E-state index contributed by atoms with van der Waals surface area (Å²) in [5.41, 5.74) is -0.160. The van der Waals surface area contributed by atoms with E-state index in [0.717, 1.165) is 25.7 Å². The van der Waals surface area contributed by atoms with Crippen LogP contribution in [0.2, 0.25) is 0 Å². The van der Waals surface area contributed by atoms with Crippen molar-refractivity contribution in [1.29, 1.82) is 0 Å². The van der Waals surface area contributed by atoms with Crippen LogP contribution in [0.1, 0.15) is 38.5 Å². The molecule has 3 fully saturated rings. The number of hydrogen-bond acceptors (Lipinski definition) is 4. The highest BCUT2D eigenvalue weighted by Crippen LogP contribution is 2.45. The second kappa shape index (κ2) is 6.98. The minimum Gasteiger partial charge on any atom is -0.480 e. The number of aliphatic carboxylic acids is 1. The lowest BCUT2D eigenvalue weighted by Crippen LogP contribution is -2.45. The van der Waals surface area contributed by atoms with Crippen molar-refractivity contribution in [2.75, 3.05) is 19.6 Å². The molecule has 3 heterocycles. The normalized spacial score (nSPS) is 24.4. The Balaban J connectivity index is 1.34. The first-order valence-electron chi connectivity index (χ1n) is 9.76. The number of aromatic nitrogens is 2. The van der Waals surface area contributed by atoms with E-state index >= 15 is 0 Å².